The number of carbonyl (C=O) groups excluding carboxylic acids is 3. The van der Waals surface area contributed by atoms with Crippen molar-refractivity contribution in [3.05, 3.63) is 101 Å². The van der Waals surface area contributed by atoms with Gasteiger partial charge in [-0.25, -0.2) is 14.4 Å². The number of carboxylic acids is 1. The van der Waals surface area contributed by atoms with Gasteiger partial charge in [-0.3, -0.25) is 4.79 Å². The number of esters is 2. The molecule has 0 aliphatic carbocycles. The van der Waals surface area contributed by atoms with Crippen molar-refractivity contribution in [2.45, 2.75) is 32.2 Å². The van der Waals surface area contributed by atoms with Crippen LogP contribution < -0.4 is 5.32 Å². The third-order valence-corrected chi connectivity index (χ3v) is 5.31. The summed E-state index contributed by atoms with van der Waals surface area (Å²) in [5, 5.41) is 11.7. The Labute approximate surface area is 215 Å². The maximum atomic E-state index is 13.4. The number of carboxylic acid groups (broad SMARTS) is 1. The lowest BCUT2D eigenvalue weighted by atomic mass is 10.1. The van der Waals surface area contributed by atoms with Crippen molar-refractivity contribution in [3.8, 4) is 0 Å². The number of ether oxygens (including phenoxy) is 2. The van der Waals surface area contributed by atoms with Gasteiger partial charge < -0.3 is 19.9 Å². The van der Waals surface area contributed by atoms with Crippen LogP contribution in [0.15, 0.2) is 72.8 Å². The molecule has 198 valence electrons. The zero-order valence-corrected chi connectivity index (χ0v) is 20.1. The van der Waals surface area contributed by atoms with Crippen LogP contribution in [0.25, 0.3) is 0 Å². The van der Waals surface area contributed by atoms with Crippen LogP contribution in [0.5, 0.6) is 0 Å². The van der Waals surface area contributed by atoms with Crippen molar-refractivity contribution in [3.63, 3.8) is 0 Å². The van der Waals surface area contributed by atoms with E-state index in [2.05, 4.69) is 0 Å². The van der Waals surface area contributed by atoms with Gasteiger partial charge in [0.05, 0.1) is 22.4 Å². The van der Waals surface area contributed by atoms with Crippen molar-refractivity contribution in [1.82, 2.24) is 0 Å². The summed E-state index contributed by atoms with van der Waals surface area (Å²) in [6, 6.07) is 15.6. The minimum atomic E-state index is -4.86. The molecule has 11 heteroatoms. The highest BCUT2D eigenvalue weighted by molar-refractivity contribution is 6.02. The number of halogens is 3. The topological polar surface area (TPSA) is 119 Å². The van der Waals surface area contributed by atoms with Gasteiger partial charge in [0.25, 0.3) is 5.91 Å². The number of aliphatic carboxylic acids is 1. The van der Waals surface area contributed by atoms with E-state index in [1.165, 1.54) is 30.3 Å². The number of hydrogen-bond acceptors (Lipinski definition) is 6. The molecule has 0 spiro atoms. The standard InChI is InChI=1S/C27H22F3NO7/c1-15-7-11-17(12-8-15)25(35)37-21(23(32)31-20-6-4-3-5-19(20)27(28,29)30)22(24(33)34)38-26(36)18-13-9-16(2)10-14-18/h3-14,21-22H,1-2H3,(H,31,32)(H,33,34)/t21-,22-/m0/s1. The summed E-state index contributed by atoms with van der Waals surface area (Å²) < 4.78 is 50.5. The molecule has 2 N–H and O–H groups in total. The van der Waals surface area contributed by atoms with E-state index in [9.17, 15) is 37.5 Å². The third-order valence-electron chi connectivity index (χ3n) is 5.31. The zero-order valence-electron chi connectivity index (χ0n) is 20.1. The highest BCUT2D eigenvalue weighted by Gasteiger charge is 2.42. The number of carbonyl (C=O) groups is 4. The van der Waals surface area contributed by atoms with Crippen LogP contribution in [0.2, 0.25) is 0 Å². The first-order valence-corrected chi connectivity index (χ1v) is 11.1. The number of benzene rings is 3. The molecular formula is C27H22F3NO7. The summed E-state index contributed by atoms with van der Waals surface area (Å²) in [6.07, 6.45) is -9.60. The predicted molar refractivity (Wildman–Crippen MR) is 128 cm³/mol. The first kappa shape index (κ1) is 27.9. The quantitative estimate of drug-likeness (QED) is 0.403. The third kappa shape index (κ3) is 6.96. The lowest BCUT2D eigenvalue weighted by molar-refractivity contribution is -0.157. The van der Waals surface area contributed by atoms with Crippen molar-refractivity contribution in [1.29, 1.82) is 0 Å². The second kappa shape index (κ2) is 11.6. The molecular weight excluding hydrogens is 507 g/mol. The molecule has 0 unspecified atom stereocenters. The number of aryl methyl sites for hydroxylation is 2. The van der Waals surface area contributed by atoms with Crippen LogP contribution in [0.1, 0.15) is 37.4 Å². The van der Waals surface area contributed by atoms with E-state index in [1.54, 1.807) is 38.1 Å². The minimum absolute atomic E-state index is 0.0618. The van der Waals surface area contributed by atoms with Gasteiger partial charge in [-0.05, 0) is 50.2 Å². The predicted octanol–water partition coefficient (Wildman–Crippen LogP) is 4.80. The maximum Gasteiger partial charge on any atom is 0.418 e. The zero-order chi connectivity index (χ0) is 28.0. The Morgan fingerprint density at radius 3 is 1.63 bits per heavy atom. The van der Waals surface area contributed by atoms with E-state index in [1.807, 2.05) is 5.32 Å². The molecule has 3 aromatic rings. The van der Waals surface area contributed by atoms with Gasteiger partial charge in [0.2, 0.25) is 12.2 Å². The molecule has 0 radical (unpaired) electrons. The van der Waals surface area contributed by atoms with Crippen molar-refractivity contribution >= 4 is 29.5 Å². The summed E-state index contributed by atoms with van der Waals surface area (Å²) in [7, 11) is 0. The molecule has 38 heavy (non-hydrogen) atoms. The van der Waals surface area contributed by atoms with Gasteiger partial charge in [-0.1, -0.05) is 47.5 Å². The van der Waals surface area contributed by atoms with Crippen molar-refractivity contribution in [2.75, 3.05) is 5.32 Å². The summed E-state index contributed by atoms with van der Waals surface area (Å²) in [5.74, 6) is -5.64. The number of para-hydroxylation sites is 1. The van der Waals surface area contributed by atoms with Crippen molar-refractivity contribution in [2.24, 2.45) is 0 Å². The van der Waals surface area contributed by atoms with Crippen LogP contribution in [0, 0.1) is 13.8 Å². The van der Waals surface area contributed by atoms with E-state index in [0.717, 1.165) is 23.3 Å². The molecule has 0 aliphatic rings. The Kier molecular flexibility index (Phi) is 8.51. The molecule has 1 amide bonds. The van der Waals surface area contributed by atoms with Gasteiger partial charge >= 0.3 is 24.1 Å². The molecule has 0 heterocycles. The molecule has 0 saturated carbocycles. The number of anilines is 1. The number of hydrogen-bond donors (Lipinski definition) is 2. The van der Waals surface area contributed by atoms with Gasteiger partial charge in [0.1, 0.15) is 0 Å². The number of rotatable bonds is 8. The average Bonchev–Trinajstić information content (AvgIpc) is 2.86. The van der Waals surface area contributed by atoms with Gasteiger partial charge in [0, 0.05) is 0 Å². The second-order valence-electron chi connectivity index (χ2n) is 8.25. The molecule has 3 rings (SSSR count). The number of nitrogens with one attached hydrogen (secondary N) is 1. The summed E-state index contributed by atoms with van der Waals surface area (Å²) in [5.41, 5.74) is -0.485. The fourth-order valence-electron chi connectivity index (χ4n) is 3.28. The molecule has 0 aromatic heterocycles. The summed E-state index contributed by atoms with van der Waals surface area (Å²) in [4.78, 5) is 50.6. The van der Waals surface area contributed by atoms with E-state index < -0.39 is 53.5 Å². The Bertz CT molecular complexity index is 1340. The molecule has 2 atom stereocenters. The van der Waals surface area contributed by atoms with E-state index >= 15 is 0 Å². The van der Waals surface area contributed by atoms with E-state index in [0.29, 0.717) is 6.07 Å². The Balaban J connectivity index is 1.97. The number of amides is 1. The van der Waals surface area contributed by atoms with Gasteiger partial charge in [-0.2, -0.15) is 13.2 Å². The fourth-order valence-corrected chi connectivity index (χ4v) is 3.28. The second-order valence-corrected chi connectivity index (χ2v) is 8.25. The number of alkyl halides is 3. The lowest BCUT2D eigenvalue weighted by Gasteiger charge is -2.24. The molecule has 8 nitrogen and oxygen atoms in total. The van der Waals surface area contributed by atoms with Crippen LogP contribution in [-0.2, 0) is 25.2 Å². The van der Waals surface area contributed by atoms with Crippen molar-refractivity contribution < 1.29 is 46.9 Å². The van der Waals surface area contributed by atoms with Crippen LogP contribution in [0.3, 0.4) is 0 Å². The molecule has 0 saturated heterocycles. The highest BCUT2D eigenvalue weighted by atomic mass is 19.4. The maximum absolute atomic E-state index is 13.4. The van der Waals surface area contributed by atoms with Crippen LogP contribution >= 0.6 is 0 Å². The van der Waals surface area contributed by atoms with E-state index in [4.69, 9.17) is 9.47 Å². The van der Waals surface area contributed by atoms with Crippen LogP contribution in [-0.4, -0.2) is 41.1 Å². The molecule has 0 bridgehead atoms. The smallest absolute Gasteiger partial charge is 0.418 e. The minimum Gasteiger partial charge on any atom is -0.478 e. The summed E-state index contributed by atoms with van der Waals surface area (Å²) in [6.45, 7) is 3.49. The molecule has 3 aromatic carbocycles. The fraction of sp³-hybridized carbons (Fsp3) is 0.185. The Hall–Kier alpha value is -4.67. The van der Waals surface area contributed by atoms with Gasteiger partial charge in [-0.15, -0.1) is 0 Å². The molecule has 0 aliphatic heterocycles. The Morgan fingerprint density at radius 2 is 1.18 bits per heavy atom. The first-order valence-electron chi connectivity index (χ1n) is 11.1. The highest BCUT2D eigenvalue weighted by Crippen LogP contribution is 2.34. The first-order chi connectivity index (χ1) is 17.9. The summed E-state index contributed by atoms with van der Waals surface area (Å²) >= 11 is 0. The van der Waals surface area contributed by atoms with Crippen LogP contribution in [0.4, 0.5) is 18.9 Å². The van der Waals surface area contributed by atoms with E-state index in [-0.39, 0.29) is 11.1 Å². The molecule has 0 fully saturated rings. The SMILES string of the molecule is Cc1ccc(C(=O)O[C@H](C(=O)O)[C@H](OC(=O)c2ccc(C)cc2)C(=O)Nc2ccccc2C(F)(F)F)cc1. The average molecular weight is 529 g/mol. The monoisotopic (exact) mass is 529 g/mol. The normalized spacial score (nSPS) is 12.7. The van der Waals surface area contributed by atoms with Gasteiger partial charge in [0.15, 0.2) is 0 Å². The lowest BCUT2D eigenvalue weighted by Crippen LogP contribution is -2.48. The Morgan fingerprint density at radius 1 is 0.737 bits per heavy atom. The largest absolute Gasteiger partial charge is 0.478 e.